The van der Waals surface area contributed by atoms with Gasteiger partial charge >= 0.3 is 0 Å². The van der Waals surface area contributed by atoms with E-state index in [0.29, 0.717) is 15.6 Å². The van der Waals surface area contributed by atoms with E-state index in [1.165, 1.54) is 16.9 Å². The van der Waals surface area contributed by atoms with Crippen LogP contribution in [-0.2, 0) is 0 Å². The van der Waals surface area contributed by atoms with E-state index < -0.39 is 54.8 Å². The first kappa shape index (κ1) is 45.6. The highest BCUT2D eigenvalue weighted by molar-refractivity contribution is 8.63. The van der Waals surface area contributed by atoms with Gasteiger partial charge in [0.05, 0.1) is 0 Å². The molecule has 0 bridgehead atoms. The van der Waals surface area contributed by atoms with E-state index in [9.17, 15) is 0 Å². The highest BCUT2D eigenvalue weighted by Crippen LogP contribution is 2.55. The predicted octanol–water partition coefficient (Wildman–Crippen LogP) is 13.9. The van der Waals surface area contributed by atoms with Crippen molar-refractivity contribution in [3.05, 3.63) is 93.5 Å². The first-order valence-electron chi connectivity index (χ1n) is 20.4. The fraction of sp³-hybridized carbons (Fsp3) is 0.591. The molecule has 0 spiro atoms. The maximum absolute atomic E-state index is 2.97. The number of aryl methyl sites for hydroxylation is 3. The monoisotopic (exact) mass is 866 g/mol. The van der Waals surface area contributed by atoms with Crippen LogP contribution in [-0.4, -0.2) is 60.6 Å². The van der Waals surface area contributed by atoms with Gasteiger partial charge in [0, 0.05) is 59.4 Å². The van der Waals surface area contributed by atoms with Gasteiger partial charge in [-0.05, 0) is 80.0 Å². The molecule has 4 rings (SSSR count). The van der Waals surface area contributed by atoms with Gasteiger partial charge in [-0.3, -0.25) is 0 Å². The number of rotatable bonds is 12. The topological polar surface area (TPSA) is 0 Å². The Balaban J connectivity index is 2.42. The van der Waals surface area contributed by atoms with E-state index in [0.717, 1.165) is 5.16 Å². The van der Waals surface area contributed by atoms with Crippen molar-refractivity contribution in [3.8, 4) is 0 Å². The summed E-state index contributed by atoms with van der Waals surface area (Å²) in [6.45, 7) is 56.2. The van der Waals surface area contributed by atoms with Gasteiger partial charge in [-0.25, -0.2) is 0 Å². The van der Waals surface area contributed by atoms with Crippen LogP contribution in [0.3, 0.4) is 0 Å². The van der Waals surface area contributed by atoms with Crippen LogP contribution in [0.25, 0.3) is 0 Å². The molecule has 0 nitrogen and oxygen atoms in total. The average molecular weight is 868 g/mol. The molecule has 53 heavy (non-hydrogen) atoms. The van der Waals surface area contributed by atoms with Crippen molar-refractivity contribution in [2.45, 2.75) is 159 Å². The summed E-state index contributed by atoms with van der Waals surface area (Å²) in [5.74, 6) is 1.20. The Morgan fingerprint density at radius 3 is 1.25 bits per heavy atom. The lowest BCUT2D eigenvalue weighted by atomic mass is 10.1. The van der Waals surface area contributed by atoms with E-state index in [-0.39, 0.29) is 0 Å². The van der Waals surface area contributed by atoms with Crippen molar-refractivity contribution in [2.75, 3.05) is 5.75 Å². The number of hydrogen-bond acceptors (Lipinski definition) is 2. The molecule has 9 heteroatoms. The van der Waals surface area contributed by atoms with Gasteiger partial charge in [0.15, 0.2) is 0 Å². The Morgan fingerprint density at radius 1 is 0.509 bits per heavy atom. The molecule has 1 heterocycles. The van der Waals surface area contributed by atoms with Crippen molar-refractivity contribution in [2.24, 2.45) is 0 Å². The zero-order valence-corrected chi connectivity index (χ0v) is 46.7. The Kier molecular flexibility index (Phi) is 13.4. The minimum atomic E-state index is -2.48. The fourth-order valence-corrected chi connectivity index (χ4v) is 66.7. The molecule has 1 saturated heterocycles. The molecular weight excluding hydrogens is 789 g/mol. The molecule has 2 atom stereocenters. The molecule has 3 aromatic rings. The van der Waals surface area contributed by atoms with Crippen LogP contribution < -0.4 is 10.4 Å². The van der Waals surface area contributed by atoms with E-state index in [4.69, 9.17) is 0 Å². The maximum atomic E-state index is 2.97. The summed E-state index contributed by atoms with van der Waals surface area (Å²) in [6.07, 6.45) is -2.48. The van der Waals surface area contributed by atoms with Crippen molar-refractivity contribution in [3.63, 3.8) is 0 Å². The molecule has 0 N–H and O–H groups in total. The summed E-state index contributed by atoms with van der Waals surface area (Å²) < 4.78 is 0. The molecule has 1 aliphatic heterocycles. The molecule has 0 saturated carbocycles. The Labute approximate surface area is 343 Å². The van der Waals surface area contributed by atoms with Crippen molar-refractivity contribution >= 4 is 87.6 Å². The summed E-state index contributed by atoms with van der Waals surface area (Å²) in [5, 5.41) is 6.30. The van der Waals surface area contributed by atoms with Crippen LogP contribution in [0.4, 0.5) is 0 Å². The molecule has 0 aromatic heterocycles. The van der Waals surface area contributed by atoms with Gasteiger partial charge in [-0.1, -0.05) is 178 Å². The van der Waals surface area contributed by atoms with E-state index in [1.54, 1.807) is 21.9 Å². The Hall–Kier alpha value is -0.122. The minimum absolute atomic E-state index is 0.513. The molecule has 1 fully saturated rings. The van der Waals surface area contributed by atoms with Crippen LogP contribution in [0.2, 0.25) is 118 Å². The average Bonchev–Trinajstić information content (AvgIpc) is 3.33. The normalized spacial score (nSPS) is 19.6. The van der Waals surface area contributed by atoms with Crippen molar-refractivity contribution in [1.82, 2.24) is 0 Å². The van der Waals surface area contributed by atoms with Gasteiger partial charge in [0.25, 0.3) is 0 Å². The van der Waals surface area contributed by atoms with Gasteiger partial charge in [-0.2, -0.15) is 22.4 Å². The first-order chi connectivity index (χ1) is 23.8. The molecule has 0 aliphatic carbocycles. The second kappa shape index (κ2) is 15.6. The highest BCUT2D eigenvalue weighted by Gasteiger charge is 2.56. The third kappa shape index (κ3) is 9.78. The van der Waals surface area contributed by atoms with Gasteiger partial charge in [-0.15, -0.1) is 0 Å². The third-order valence-corrected chi connectivity index (χ3v) is 52.3. The van der Waals surface area contributed by atoms with E-state index in [1.807, 2.05) is 16.3 Å². The zero-order chi connectivity index (χ0) is 40.5. The van der Waals surface area contributed by atoms with Gasteiger partial charge < -0.3 is 0 Å². The lowest BCUT2D eigenvalue weighted by Crippen LogP contribution is -2.61. The highest BCUT2D eigenvalue weighted by atomic mass is 32.6. The second-order valence-corrected chi connectivity index (χ2v) is 66.6. The largest absolute Gasteiger partial charge is 0.241 e. The van der Waals surface area contributed by atoms with E-state index >= 15 is 0 Å². The fourth-order valence-electron chi connectivity index (χ4n) is 11.9. The molecule has 0 amide bonds. The number of benzene rings is 3. The Bertz CT molecular complexity index is 1650. The summed E-state index contributed by atoms with van der Waals surface area (Å²) in [7, 11) is -9.87. The van der Waals surface area contributed by atoms with E-state index in [2.05, 4.69) is 216 Å². The van der Waals surface area contributed by atoms with Crippen LogP contribution >= 0.6 is 22.4 Å². The first-order valence-corrected chi connectivity index (χ1v) is 47.2. The SMILES string of the molecule is Cc1cc(C)c([Si]2(c3c(C([Si](C)(C)C)[Si](C)(C)C)cc(C([Si](C)(C)C)[Si](C)(C)C)cc3C([Si](C)(C)C)[Si](C)(C)C)SCC(c3ccccc3)S2)c(C)c1. The standard InChI is InChI=1S/C44H78S2Si7/c1-32-27-33(2)40(34(3)28-32)53(45-31-39(46-53)35-25-23-22-24-26-35)41-37(43(49(10,11)12)50(13,14)15)29-36(42(47(4,5)6)48(7,8)9)30-38(41)44(51(16,17)18)52(19,20)21/h22-30,39,42-44H,31H2,1-21H3. The third-order valence-electron chi connectivity index (χ3n) is 11.6. The molecular formula is C44H78S2Si7. The van der Waals surface area contributed by atoms with Crippen molar-refractivity contribution < 1.29 is 0 Å². The molecule has 1 aliphatic rings. The van der Waals surface area contributed by atoms with Crippen LogP contribution in [0.5, 0.6) is 0 Å². The summed E-state index contributed by atoms with van der Waals surface area (Å²) in [4.78, 5) is 0. The summed E-state index contributed by atoms with van der Waals surface area (Å²) in [5.41, 5.74) is 11.5. The maximum Gasteiger partial charge on any atom is 0.241 e. The predicted molar refractivity (Wildman–Crippen MR) is 270 cm³/mol. The molecule has 3 aromatic carbocycles. The van der Waals surface area contributed by atoms with Gasteiger partial charge in [0.2, 0.25) is 6.37 Å². The molecule has 2 unspecified atom stereocenters. The van der Waals surface area contributed by atoms with Gasteiger partial charge in [0.1, 0.15) is 0 Å². The lowest BCUT2D eigenvalue weighted by molar-refractivity contribution is 1.10. The van der Waals surface area contributed by atoms with Crippen LogP contribution in [0.1, 0.15) is 59.7 Å². The van der Waals surface area contributed by atoms with Crippen LogP contribution in [0, 0.1) is 20.8 Å². The summed E-state index contributed by atoms with van der Waals surface area (Å²) in [6, 6.07) is 22.6. The zero-order valence-electron chi connectivity index (χ0n) is 38.0. The molecule has 0 radical (unpaired) electrons. The Morgan fingerprint density at radius 2 is 0.887 bits per heavy atom. The number of hydrogen-bond donors (Lipinski definition) is 0. The molecule has 294 valence electrons. The smallest absolute Gasteiger partial charge is 0.162 e. The summed E-state index contributed by atoms with van der Waals surface area (Å²) >= 11 is 4.91. The van der Waals surface area contributed by atoms with Crippen LogP contribution in [0.15, 0.2) is 54.6 Å². The van der Waals surface area contributed by atoms with Crippen molar-refractivity contribution in [1.29, 1.82) is 0 Å². The quantitative estimate of drug-likeness (QED) is 0.166. The minimum Gasteiger partial charge on any atom is -0.162 e. The lowest BCUT2D eigenvalue weighted by Gasteiger charge is -2.48. The second-order valence-electron chi connectivity index (χ2n) is 23.3.